The van der Waals surface area contributed by atoms with Crippen molar-refractivity contribution in [3.8, 4) is 21.8 Å². The van der Waals surface area contributed by atoms with Gasteiger partial charge >= 0.3 is 0 Å². The van der Waals surface area contributed by atoms with Gasteiger partial charge in [0.25, 0.3) is 5.91 Å². The van der Waals surface area contributed by atoms with E-state index in [0.717, 1.165) is 40.0 Å². The lowest BCUT2D eigenvalue weighted by Gasteiger charge is -2.07. The molecule has 0 radical (unpaired) electrons. The van der Waals surface area contributed by atoms with Gasteiger partial charge in [-0.25, -0.2) is 13.8 Å². The van der Waals surface area contributed by atoms with Crippen LogP contribution in [0.5, 0.6) is 0 Å². The number of nitrogens with zero attached hydrogens (tertiary/aromatic N) is 1. The van der Waals surface area contributed by atoms with E-state index in [9.17, 15) is 13.6 Å². The first kappa shape index (κ1) is 18.0. The van der Waals surface area contributed by atoms with Gasteiger partial charge in [0.2, 0.25) is 0 Å². The summed E-state index contributed by atoms with van der Waals surface area (Å²) in [5.41, 5.74) is 2.93. The van der Waals surface area contributed by atoms with Crippen molar-refractivity contribution in [2.45, 2.75) is 0 Å². The number of amides is 1. The number of hydrogen-bond donors (Lipinski definition) is 1. The van der Waals surface area contributed by atoms with Crippen molar-refractivity contribution in [2.24, 2.45) is 0 Å². The average molecular weight is 392 g/mol. The Morgan fingerprint density at radius 1 is 0.893 bits per heavy atom. The smallest absolute Gasteiger partial charge is 0.258 e. The van der Waals surface area contributed by atoms with Gasteiger partial charge in [-0.05, 0) is 30.3 Å². The molecule has 0 aliphatic carbocycles. The van der Waals surface area contributed by atoms with E-state index in [0.29, 0.717) is 5.69 Å². The molecule has 1 amide bonds. The van der Waals surface area contributed by atoms with Gasteiger partial charge in [-0.15, -0.1) is 11.3 Å². The molecule has 0 bridgehead atoms. The van der Waals surface area contributed by atoms with Gasteiger partial charge in [-0.3, -0.25) is 4.79 Å². The van der Waals surface area contributed by atoms with Crippen molar-refractivity contribution >= 4 is 22.9 Å². The Morgan fingerprint density at radius 2 is 1.64 bits per heavy atom. The van der Waals surface area contributed by atoms with Gasteiger partial charge in [0.05, 0.1) is 11.3 Å². The topological polar surface area (TPSA) is 42.0 Å². The van der Waals surface area contributed by atoms with Crippen molar-refractivity contribution in [1.29, 1.82) is 0 Å². The van der Waals surface area contributed by atoms with Crippen molar-refractivity contribution in [2.75, 3.05) is 5.32 Å². The molecule has 28 heavy (non-hydrogen) atoms. The Labute approximate surface area is 164 Å². The molecule has 0 fully saturated rings. The van der Waals surface area contributed by atoms with Crippen LogP contribution in [0.25, 0.3) is 21.8 Å². The number of benzene rings is 3. The fourth-order valence-corrected chi connectivity index (χ4v) is 3.55. The first-order valence-corrected chi connectivity index (χ1v) is 9.36. The minimum Gasteiger partial charge on any atom is -0.322 e. The van der Waals surface area contributed by atoms with Crippen molar-refractivity contribution in [3.05, 3.63) is 95.4 Å². The third-order valence-corrected chi connectivity index (χ3v) is 5.03. The highest BCUT2D eigenvalue weighted by atomic mass is 32.1. The lowest BCUT2D eigenvalue weighted by molar-refractivity contribution is 0.102. The van der Waals surface area contributed by atoms with Crippen LogP contribution in [0.2, 0.25) is 0 Å². The standard InChI is InChI=1S/C22H14F2N2OS/c23-16-8-11-19(24)18(12-16)21(27)25-17-9-6-14(7-10-17)20-13-28-22(26-20)15-4-2-1-3-5-15/h1-13H,(H,25,27). The molecular weight excluding hydrogens is 378 g/mol. The number of rotatable bonds is 4. The molecule has 0 unspecified atom stereocenters. The van der Waals surface area contributed by atoms with Crippen LogP contribution in [-0.4, -0.2) is 10.9 Å². The third-order valence-electron chi connectivity index (χ3n) is 4.14. The number of halogens is 2. The molecule has 6 heteroatoms. The highest BCUT2D eigenvalue weighted by Gasteiger charge is 2.13. The third kappa shape index (κ3) is 3.82. The predicted octanol–water partition coefficient (Wildman–Crippen LogP) is 6.01. The summed E-state index contributed by atoms with van der Waals surface area (Å²) in [6, 6.07) is 19.7. The Balaban J connectivity index is 1.51. The van der Waals surface area contributed by atoms with E-state index in [2.05, 4.69) is 10.3 Å². The van der Waals surface area contributed by atoms with Crippen LogP contribution < -0.4 is 5.32 Å². The first-order chi connectivity index (χ1) is 13.6. The van der Waals surface area contributed by atoms with Crippen LogP contribution in [0, 0.1) is 11.6 Å². The van der Waals surface area contributed by atoms with Gasteiger partial charge < -0.3 is 5.32 Å². The van der Waals surface area contributed by atoms with Crippen LogP contribution in [0.15, 0.2) is 78.2 Å². The molecule has 0 atom stereocenters. The summed E-state index contributed by atoms with van der Waals surface area (Å²) in [6.07, 6.45) is 0. The number of carbonyl (C=O) groups excluding carboxylic acids is 1. The maximum Gasteiger partial charge on any atom is 0.258 e. The number of nitrogens with one attached hydrogen (secondary N) is 1. The number of carbonyl (C=O) groups is 1. The largest absolute Gasteiger partial charge is 0.322 e. The molecule has 4 aromatic rings. The lowest BCUT2D eigenvalue weighted by Crippen LogP contribution is -2.14. The summed E-state index contributed by atoms with van der Waals surface area (Å²) >= 11 is 1.55. The fourth-order valence-electron chi connectivity index (χ4n) is 2.71. The molecule has 0 aliphatic rings. The van der Waals surface area contributed by atoms with Gasteiger partial charge in [0.15, 0.2) is 0 Å². The maximum absolute atomic E-state index is 13.7. The van der Waals surface area contributed by atoms with Crippen LogP contribution in [0.1, 0.15) is 10.4 Å². The zero-order chi connectivity index (χ0) is 19.5. The molecule has 1 aromatic heterocycles. The molecule has 1 N–H and O–H groups in total. The minimum absolute atomic E-state index is 0.337. The number of hydrogen-bond acceptors (Lipinski definition) is 3. The molecule has 0 saturated heterocycles. The molecule has 3 aromatic carbocycles. The second kappa shape index (κ2) is 7.70. The summed E-state index contributed by atoms with van der Waals surface area (Å²) in [6.45, 7) is 0. The zero-order valence-electron chi connectivity index (χ0n) is 14.5. The minimum atomic E-state index is -0.772. The van der Waals surface area contributed by atoms with Crippen molar-refractivity contribution in [3.63, 3.8) is 0 Å². The Morgan fingerprint density at radius 3 is 2.39 bits per heavy atom. The van der Waals surface area contributed by atoms with Crippen LogP contribution in [-0.2, 0) is 0 Å². The quantitative estimate of drug-likeness (QED) is 0.462. The van der Waals surface area contributed by atoms with Gasteiger partial charge in [0.1, 0.15) is 16.6 Å². The summed E-state index contributed by atoms with van der Waals surface area (Å²) < 4.78 is 27.0. The van der Waals surface area contributed by atoms with Crippen molar-refractivity contribution < 1.29 is 13.6 Å². The first-order valence-electron chi connectivity index (χ1n) is 8.48. The predicted molar refractivity (Wildman–Crippen MR) is 107 cm³/mol. The Hall–Kier alpha value is -3.38. The SMILES string of the molecule is O=C(Nc1ccc(-c2csc(-c3ccccc3)n2)cc1)c1cc(F)ccc1F. The number of thiazole rings is 1. The number of anilines is 1. The van der Waals surface area contributed by atoms with E-state index in [1.165, 1.54) is 0 Å². The highest BCUT2D eigenvalue weighted by molar-refractivity contribution is 7.13. The zero-order valence-corrected chi connectivity index (χ0v) is 15.3. The normalized spacial score (nSPS) is 10.6. The summed E-state index contributed by atoms with van der Waals surface area (Å²) in [7, 11) is 0. The van der Waals surface area contributed by atoms with E-state index in [-0.39, 0.29) is 5.56 Å². The molecule has 138 valence electrons. The van der Waals surface area contributed by atoms with Gasteiger partial charge in [-0.1, -0.05) is 42.5 Å². The molecule has 3 nitrogen and oxygen atoms in total. The second-order valence-electron chi connectivity index (χ2n) is 6.06. The molecule has 1 heterocycles. The van der Waals surface area contributed by atoms with E-state index < -0.39 is 17.5 Å². The van der Waals surface area contributed by atoms with Crippen molar-refractivity contribution in [1.82, 2.24) is 4.98 Å². The Kier molecular flexibility index (Phi) is 4.95. The van der Waals surface area contributed by atoms with Gasteiger partial charge in [-0.2, -0.15) is 0 Å². The van der Waals surface area contributed by atoms with Crippen LogP contribution in [0.4, 0.5) is 14.5 Å². The maximum atomic E-state index is 13.7. The monoisotopic (exact) mass is 392 g/mol. The molecule has 0 aliphatic heterocycles. The van der Waals surface area contributed by atoms with Crippen LogP contribution >= 0.6 is 11.3 Å². The van der Waals surface area contributed by atoms with Gasteiger partial charge in [0, 0.05) is 22.2 Å². The molecule has 0 spiro atoms. The summed E-state index contributed by atoms with van der Waals surface area (Å²) in [5, 5.41) is 5.47. The summed E-state index contributed by atoms with van der Waals surface area (Å²) in [4.78, 5) is 16.8. The average Bonchev–Trinajstić information content (AvgIpc) is 3.21. The Bertz CT molecular complexity index is 1130. The fraction of sp³-hybridized carbons (Fsp3) is 0. The molecule has 0 saturated carbocycles. The van der Waals surface area contributed by atoms with Crippen LogP contribution in [0.3, 0.4) is 0 Å². The second-order valence-corrected chi connectivity index (χ2v) is 6.92. The van der Waals surface area contributed by atoms with E-state index >= 15 is 0 Å². The lowest BCUT2D eigenvalue weighted by atomic mass is 10.1. The van der Waals surface area contributed by atoms with E-state index in [1.54, 1.807) is 23.5 Å². The molecular formula is C22H14F2N2OS. The summed E-state index contributed by atoms with van der Waals surface area (Å²) in [5.74, 6) is -2.14. The highest BCUT2D eigenvalue weighted by Crippen LogP contribution is 2.29. The number of aromatic nitrogens is 1. The molecule has 4 rings (SSSR count). The van der Waals surface area contributed by atoms with E-state index in [1.807, 2.05) is 47.8 Å². The van der Waals surface area contributed by atoms with E-state index in [4.69, 9.17) is 0 Å².